The molecule has 1 fully saturated rings. The molecule has 7 heteroatoms. The number of ether oxygens (including phenoxy) is 2. The van der Waals surface area contributed by atoms with Crippen LogP contribution < -0.4 is 10.6 Å². The molecule has 1 saturated heterocycles. The molecule has 0 radical (unpaired) electrons. The molecule has 7 nitrogen and oxygen atoms in total. The first-order valence-corrected chi connectivity index (χ1v) is 7.85. The summed E-state index contributed by atoms with van der Waals surface area (Å²) in [6.07, 6.45) is 1.58. The summed E-state index contributed by atoms with van der Waals surface area (Å²) in [7, 11) is 1.39. The van der Waals surface area contributed by atoms with Crippen LogP contribution in [-0.4, -0.2) is 48.3 Å². The predicted molar refractivity (Wildman–Crippen MR) is 82.4 cm³/mol. The molecule has 0 aliphatic carbocycles. The van der Waals surface area contributed by atoms with Crippen molar-refractivity contribution < 1.29 is 23.6 Å². The summed E-state index contributed by atoms with van der Waals surface area (Å²) in [6, 6.07) is -0.177. The van der Waals surface area contributed by atoms with E-state index in [2.05, 4.69) is 15.2 Å². The lowest BCUT2D eigenvalue weighted by atomic mass is 10.0. The van der Waals surface area contributed by atoms with Gasteiger partial charge in [0.1, 0.15) is 23.2 Å². The van der Waals surface area contributed by atoms with Crippen molar-refractivity contribution in [3.8, 4) is 0 Å². The van der Waals surface area contributed by atoms with Gasteiger partial charge in [-0.1, -0.05) is 0 Å². The molecule has 2 N–H and O–H groups in total. The monoisotopic (exact) mass is 320 g/mol. The molecular formula is C16H22N3O4+. The van der Waals surface area contributed by atoms with Crippen LogP contribution in [0.5, 0.6) is 0 Å². The van der Waals surface area contributed by atoms with Crippen molar-refractivity contribution in [2.24, 2.45) is 0 Å². The van der Waals surface area contributed by atoms with Gasteiger partial charge in [-0.25, -0.2) is 24.8 Å². The average molecular weight is 320 g/mol. The quantitative estimate of drug-likeness (QED) is 0.578. The van der Waals surface area contributed by atoms with Crippen LogP contribution in [0.2, 0.25) is 0 Å². The van der Waals surface area contributed by atoms with Crippen LogP contribution >= 0.6 is 0 Å². The van der Waals surface area contributed by atoms with Gasteiger partial charge in [0.15, 0.2) is 0 Å². The molecule has 0 aromatic rings. The van der Waals surface area contributed by atoms with Gasteiger partial charge in [-0.2, -0.15) is 0 Å². The van der Waals surface area contributed by atoms with Crippen molar-refractivity contribution in [3.05, 3.63) is 22.5 Å². The molecule has 0 bridgehead atoms. The third kappa shape index (κ3) is 2.31. The van der Waals surface area contributed by atoms with Gasteiger partial charge in [-0.05, 0) is 33.6 Å². The van der Waals surface area contributed by atoms with Crippen LogP contribution in [0.4, 0.5) is 0 Å². The molecule has 3 aliphatic heterocycles. The van der Waals surface area contributed by atoms with Crippen LogP contribution in [0.15, 0.2) is 22.5 Å². The zero-order chi connectivity index (χ0) is 16.7. The van der Waals surface area contributed by atoms with Crippen LogP contribution in [0.1, 0.15) is 33.6 Å². The van der Waals surface area contributed by atoms with E-state index < -0.39 is 0 Å². The average Bonchev–Trinajstić information content (AvgIpc) is 2.92. The first-order valence-electron chi connectivity index (χ1n) is 7.85. The molecular weight excluding hydrogens is 298 g/mol. The van der Waals surface area contributed by atoms with Crippen molar-refractivity contribution in [2.75, 3.05) is 13.7 Å². The Labute approximate surface area is 135 Å². The lowest BCUT2D eigenvalue weighted by Gasteiger charge is -2.31. The Balaban J connectivity index is 1.99. The predicted octanol–water partition coefficient (Wildman–Crippen LogP) is 0.376. The third-order valence-corrected chi connectivity index (χ3v) is 4.63. The van der Waals surface area contributed by atoms with E-state index in [1.54, 1.807) is 6.92 Å². The second kappa shape index (κ2) is 5.72. The number of methoxy groups -OCH3 is 1. The van der Waals surface area contributed by atoms with E-state index >= 15 is 0 Å². The van der Waals surface area contributed by atoms with Gasteiger partial charge in [0.05, 0.1) is 25.1 Å². The highest BCUT2D eigenvalue weighted by molar-refractivity contribution is 5.96. The number of rotatable bonds is 3. The van der Waals surface area contributed by atoms with Gasteiger partial charge in [-0.3, -0.25) is 0 Å². The number of carbonyl (C=O) groups is 2. The molecule has 0 amide bonds. The molecule has 0 saturated carbocycles. The summed E-state index contributed by atoms with van der Waals surface area (Å²) in [6.45, 7) is 5.88. The molecule has 0 spiro atoms. The molecule has 23 heavy (non-hydrogen) atoms. The first-order chi connectivity index (χ1) is 11.0. The van der Waals surface area contributed by atoms with Gasteiger partial charge in [0.25, 0.3) is 0 Å². The highest BCUT2D eigenvalue weighted by Gasteiger charge is 2.50. The molecule has 3 heterocycles. The summed E-state index contributed by atoms with van der Waals surface area (Å²) in [4.78, 5) is 24.5. The van der Waals surface area contributed by atoms with Gasteiger partial charge < -0.3 is 9.47 Å². The summed E-state index contributed by atoms with van der Waals surface area (Å²) < 4.78 is 12.2. The fraction of sp³-hybridized carbons (Fsp3) is 0.562. The van der Waals surface area contributed by atoms with Crippen molar-refractivity contribution in [1.29, 1.82) is 0 Å². The van der Waals surface area contributed by atoms with Crippen molar-refractivity contribution in [1.82, 2.24) is 10.6 Å². The first kappa shape index (κ1) is 15.6. The normalized spacial score (nSPS) is 25.7. The number of nitrogens with zero attached hydrogens (tertiary/aromatic N) is 1. The molecule has 3 aliphatic rings. The maximum Gasteiger partial charge on any atom is 0.356 e. The SMILES string of the molecule is CCOC(=O)C1=C(C)NC2=[N+]3[C@H](CC[C@H]13)C(C(=O)OC)=C(C)N2. The van der Waals surface area contributed by atoms with Crippen LogP contribution in [-0.2, 0) is 19.1 Å². The maximum absolute atomic E-state index is 12.3. The van der Waals surface area contributed by atoms with Gasteiger partial charge in [0, 0.05) is 0 Å². The van der Waals surface area contributed by atoms with E-state index in [-0.39, 0.29) is 24.0 Å². The number of esters is 2. The Morgan fingerprint density at radius 3 is 2.09 bits per heavy atom. The van der Waals surface area contributed by atoms with E-state index in [1.165, 1.54) is 7.11 Å². The van der Waals surface area contributed by atoms with Crippen LogP contribution in [0.25, 0.3) is 0 Å². The molecule has 3 rings (SSSR count). The van der Waals surface area contributed by atoms with Crippen molar-refractivity contribution in [3.63, 3.8) is 0 Å². The fourth-order valence-electron chi connectivity index (χ4n) is 3.74. The Kier molecular flexibility index (Phi) is 3.87. The zero-order valence-corrected chi connectivity index (χ0v) is 13.9. The Hall–Kier alpha value is -2.31. The maximum atomic E-state index is 12.3. The number of hydrogen-bond donors (Lipinski definition) is 2. The number of allylic oxidation sites excluding steroid dienone is 2. The minimum atomic E-state index is -0.330. The number of carbonyl (C=O) groups excluding carboxylic acids is 2. The molecule has 0 aromatic heterocycles. The molecule has 0 aromatic carbocycles. The molecule has 124 valence electrons. The Morgan fingerprint density at radius 1 is 1.09 bits per heavy atom. The van der Waals surface area contributed by atoms with E-state index in [9.17, 15) is 9.59 Å². The smallest absolute Gasteiger partial charge is 0.356 e. The second-order valence-corrected chi connectivity index (χ2v) is 5.90. The largest absolute Gasteiger partial charge is 0.465 e. The minimum Gasteiger partial charge on any atom is -0.465 e. The van der Waals surface area contributed by atoms with Crippen molar-refractivity contribution >= 4 is 17.9 Å². The van der Waals surface area contributed by atoms with E-state index in [0.29, 0.717) is 17.8 Å². The summed E-state index contributed by atoms with van der Waals surface area (Å²) in [5.74, 6) is 0.185. The second-order valence-electron chi connectivity index (χ2n) is 5.90. The third-order valence-electron chi connectivity index (χ3n) is 4.63. The topological polar surface area (TPSA) is 79.7 Å². The minimum absolute atomic E-state index is 0.0874. The standard InChI is InChI=1S/C16H21N3O4/c1-5-23-15(21)13-9(3)18-16-17-8(2)12(14(20)22-4)10-6-7-11(13)19(10)16/h10-11H,5-7H2,1-4H3,(H,17,18,20,21)/p+1/t10-,11-/m1/s1. The van der Waals surface area contributed by atoms with Crippen LogP contribution in [0, 0.1) is 0 Å². The van der Waals surface area contributed by atoms with Gasteiger partial charge >= 0.3 is 17.9 Å². The van der Waals surface area contributed by atoms with E-state index in [0.717, 1.165) is 30.2 Å². The number of nitrogens with one attached hydrogen (secondary N) is 2. The fourth-order valence-corrected chi connectivity index (χ4v) is 3.74. The summed E-state index contributed by atoms with van der Waals surface area (Å²) in [5, 5.41) is 6.47. The van der Waals surface area contributed by atoms with Crippen LogP contribution in [0.3, 0.4) is 0 Å². The van der Waals surface area contributed by atoms with E-state index in [1.807, 2.05) is 13.8 Å². The van der Waals surface area contributed by atoms with E-state index in [4.69, 9.17) is 9.47 Å². The Morgan fingerprint density at radius 2 is 1.61 bits per heavy atom. The Bertz CT molecular complexity index is 675. The lowest BCUT2D eigenvalue weighted by molar-refractivity contribution is -0.567. The molecule has 2 atom stereocenters. The molecule has 0 unspecified atom stereocenters. The lowest BCUT2D eigenvalue weighted by Crippen LogP contribution is -2.56. The summed E-state index contributed by atoms with van der Waals surface area (Å²) in [5.41, 5.74) is 2.85. The zero-order valence-electron chi connectivity index (χ0n) is 13.9. The van der Waals surface area contributed by atoms with Crippen molar-refractivity contribution in [2.45, 2.75) is 45.7 Å². The highest BCUT2D eigenvalue weighted by atomic mass is 16.5. The number of guanidine groups is 1. The van der Waals surface area contributed by atoms with Gasteiger partial charge in [-0.15, -0.1) is 0 Å². The van der Waals surface area contributed by atoms with Gasteiger partial charge in [0.2, 0.25) is 0 Å². The summed E-state index contributed by atoms with van der Waals surface area (Å²) >= 11 is 0. The number of hydrogen-bond acceptors (Lipinski definition) is 6. The highest BCUT2D eigenvalue weighted by Crippen LogP contribution is 2.35.